The lowest BCUT2D eigenvalue weighted by atomic mass is 10.0. The summed E-state index contributed by atoms with van der Waals surface area (Å²) in [7, 11) is 1.80. The highest BCUT2D eigenvalue weighted by atomic mass is 32.2. The molecule has 4 nitrogen and oxygen atoms in total. The molecule has 1 aromatic carbocycles. The van der Waals surface area contributed by atoms with Gasteiger partial charge in [-0.15, -0.1) is 11.8 Å². The van der Waals surface area contributed by atoms with E-state index in [1.54, 1.807) is 13.1 Å². The number of nitrogens with one attached hydrogen (secondary N) is 2. The molecular formula is C19H31FN4S. The van der Waals surface area contributed by atoms with Crippen LogP contribution < -0.4 is 10.6 Å². The molecule has 0 amide bonds. The van der Waals surface area contributed by atoms with Crippen molar-refractivity contribution in [3.05, 3.63) is 30.1 Å². The quantitative estimate of drug-likeness (QED) is 0.336. The lowest BCUT2D eigenvalue weighted by molar-refractivity contribution is 0.187. The molecular weight excluding hydrogens is 335 g/mol. The number of hydrogen-bond acceptors (Lipinski definition) is 3. The summed E-state index contributed by atoms with van der Waals surface area (Å²) in [5.74, 6) is 2.22. The third kappa shape index (κ3) is 7.24. The smallest absolute Gasteiger partial charge is 0.191 e. The Balaban J connectivity index is 1.65. The van der Waals surface area contributed by atoms with Crippen molar-refractivity contribution in [1.29, 1.82) is 0 Å². The summed E-state index contributed by atoms with van der Waals surface area (Å²) < 4.78 is 13.6. The van der Waals surface area contributed by atoms with E-state index >= 15 is 0 Å². The molecule has 1 fully saturated rings. The molecule has 0 aliphatic carbocycles. The maximum atomic E-state index is 13.6. The van der Waals surface area contributed by atoms with E-state index in [0.717, 1.165) is 50.1 Å². The lowest BCUT2D eigenvalue weighted by Crippen LogP contribution is -2.49. The fourth-order valence-corrected chi connectivity index (χ4v) is 3.86. The first-order chi connectivity index (χ1) is 12.1. The molecule has 140 valence electrons. The van der Waals surface area contributed by atoms with Crippen molar-refractivity contribution < 1.29 is 4.39 Å². The van der Waals surface area contributed by atoms with Gasteiger partial charge in [-0.05, 0) is 30.9 Å². The molecule has 1 aromatic rings. The Morgan fingerprint density at radius 3 is 2.68 bits per heavy atom. The molecule has 25 heavy (non-hydrogen) atoms. The molecule has 0 unspecified atom stereocenters. The number of hydrogen-bond donors (Lipinski definition) is 2. The van der Waals surface area contributed by atoms with Gasteiger partial charge in [-0.25, -0.2) is 4.39 Å². The molecule has 1 aliphatic heterocycles. The van der Waals surface area contributed by atoms with Gasteiger partial charge < -0.3 is 15.5 Å². The topological polar surface area (TPSA) is 39.7 Å². The van der Waals surface area contributed by atoms with Gasteiger partial charge in [-0.1, -0.05) is 26.0 Å². The Morgan fingerprint density at radius 1 is 1.32 bits per heavy atom. The second-order valence-corrected chi connectivity index (χ2v) is 8.03. The summed E-state index contributed by atoms with van der Waals surface area (Å²) in [4.78, 5) is 7.55. The van der Waals surface area contributed by atoms with Gasteiger partial charge in [-0.3, -0.25) is 4.99 Å². The predicted molar refractivity (Wildman–Crippen MR) is 106 cm³/mol. The van der Waals surface area contributed by atoms with Gasteiger partial charge in [0.2, 0.25) is 0 Å². The van der Waals surface area contributed by atoms with E-state index in [1.807, 2.05) is 12.1 Å². The first-order valence-corrected chi connectivity index (χ1v) is 10.1. The second kappa shape index (κ2) is 10.7. The number of halogens is 1. The van der Waals surface area contributed by atoms with Crippen LogP contribution in [0.3, 0.4) is 0 Å². The molecule has 1 aliphatic rings. The standard InChI is InChI=1S/C19H31FN4S/c1-15(2)14-24-11-8-16(9-12-24)23-19(21-3)22-10-13-25-18-7-5-4-6-17(18)20/h4-7,15-16H,8-14H2,1-3H3,(H2,21,22,23). The van der Waals surface area contributed by atoms with Crippen LogP contribution in [-0.2, 0) is 0 Å². The number of likely N-dealkylation sites (tertiary alicyclic amines) is 1. The summed E-state index contributed by atoms with van der Waals surface area (Å²) in [5, 5.41) is 6.85. The molecule has 6 heteroatoms. The van der Waals surface area contributed by atoms with Crippen LogP contribution in [0.5, 0.6) is 0 Å². The molecule has 1 heterocycles. The molecule has 2 N–H and O–H groups in total. The molecule has 0 radical (unpaired) electrons. The van der Waals surface area contributed by atoms with Crippen LogP contribution in [0.15, 0.2) is 34.2 Å². The zero-order valence-corrected chi connectivity index (χ0v) is 16.4. The van der Waals surface area contributed by atoms with Gasteiger partial charge in [-0.2, -0.15) is 0 Å². The monoisotopic (exact) mass is 366 g/mol. The van der Waals surface area contributed by atoms with E-state index in [0.29, 0.717) is 10.9 Å². The van der Waals surface area contributed by atoms with Crippen molar-refractivity contribution in [2.45, 2.75) is 37.6 Å². The van der Waals surface area contributed by atoms with Gasteiger partial charge >= 0.3 is 0 Å². The number of piperidine rings is 1. The third-order valence-electron chi connectivity index (χ3n) is 4.26. The zero-order chi connectivity index (χ0) is 18.1. The Labute approximate surface area is 155 Å². The summed E-state index contributed by atoms with van der Waals surface area (Å²) in [6, 6.07) is 7.38. The molecule has 1 saturated heterocycles. The van der Waals surface area contributed by atoms with Gasteiger partial charge in [0.05, 0.1) is 0 Å². The van der Waals surface area contributed by atoms with Crippen molar-refractivity contribution in [2.24, 2.45) is 10.9 Å². The largest absolute Gasteiger partial charge is 0.356 e. The van der Waals surface area contributed by atoms with Crippen LogP contribution in [0.1, 0.15) is 26.7 Å². The minimum atomic E-state index is -0.150. The summed E-state index contributed by atoms with van der Waals surface area (Å²) in [6.07, 6.45) is 2.30. The van der Waals surface area contributed by atoms with E-state index in [4.69, 9.17) is 0 Å². The van der Waals surface area contributed by atoms with E-state index < -0.39 is 0 Å². The van der Waals surface area contributed by atoms with Crippen LogP contribution in [0.2, 0.25) is 0 Å². The number of aliphatic imine (C=N–C) groups is 1. The van der Waals surface area contributed by atoms with Gasteiger partial charge in [0.25, 0.3) is 0 Å². The molecule has 0 saturated carbocycles. The van der Waals surface area contributed by atoms with Crippen molar-refractivity contribution in [3.63, 3.8) is 0 Å². The SMILES string of the molecule is CN=C(NCCSc1ccccc1F)NC1CCN(CC(C)C)CC1. The molecule has 0 atom stereocenters. The maximum Gasteiger partial charge on any atom is 0.191 e. The second-order valence-electron chi connectivity index (χ2n) is 6.89. The van der Waals surface area contributed by atoms with E-state index in [9.17, 15) is 4.39 Å². The van der Waals surface area contributed by atoms with Crippen LogP contribution in [-0.4, -0.2) is 55.9 Å². The number of rotatable bonds is 7. The maximum absolute atomic E-state index is 13.6. The highest BCUT2D eigenvalue weighted by Gasteiger charge is 2.20. The number of thioether (sulfide) groups is 1. The van der Waals surface area contributed by atoms with Crippen LogP contribution in [0.25, 0.3) is 0 Å². The van der Waals surface area contributed by atoms with Gasteiger partial charge in [0.1, 0.15) is 5.82 Å². The Hall–Kier alpha value is -1.27. The van der Waals surface area contributed by atoms with Crippen molar-refractivity contribution in [1.82, 2.24) is 15.5 Å². The Kier molecular flexibility index (Phi) is 8.55. The zero-order valence-electron chi connectivity index (χ0n) is 15.6. The highest BCUT2D eigenvalue weighted by Crippen LogP contribution is 2.20. The molecule has 0 spiro atoms. The van der Waals surface area contributed by atoms with Gasteiger partial charge in [0.15, 0.2) is 5.96 Å². The third-order valence-corrected chi connectivity index (χ3v) is 5.31. The fourth-order valence-electron chi connectivity index (χ4n) is 3.06. The van der Waals surface area contributed by atoms with Crippen LogP contribution in [0, 0.1) is 11.7 Å². The number of guanidine groups is 1. The minimum Gasteiger partial charge on any atom is -0.356 e. The Bertz CT molecular complexity index is 542. The first kappa shape index (κ1) is 20.0. The summed E-state index contributed by atoms with van der Waals surface area (Å²) in [5.41, 5.74) is 0. The van der Waals surface area contributed by atoms with Crippen molar-refractivity contribution in [3.8, 4) is 0 Å². The van der Waals surface area contributed by atoms with E-state index in [2.05, 4.69) is 34.4 Å². The van der Waals surface area contributed by atoms with Crippen LogP contribution in [0.4, 0.5) is 4.39 Å². The van der Waals surface area contributed by atoms with E-state index in [-0.39, 0.29) is 5.82 Å². The van der Waals surface area contributed by atoms with Crippen molar-refractivity contribution in [2.75, 3.05) is 39.0 Å². The predicted octanol–water partition coefficient (Wildman–Crippen LogP) is 3.20. The van der Waals surface area contributed by atoms with E-state index in [1.165, 1.54) is 24.4 Å². The first-order valence-electron chi connectivity index (χ1n) is 9.15. The average molecular weight is 367 g/mol. The number of benzene rings is 1. The minimum absolute atomic E-state index is 0.150. The average Bonchev–Trinajstić information content (AvgIpc) is 2.60. The van der Waals surface area contributed by atoms with Crippen LogP contribution >= 0.6 is 11.8 Å². The number of nitrogens with zero attached hydrogens (tertiary/aromatic N) is 2. The van der Waals surface area contributed by atoms with Gasteiger partial charge in [0, 0.05) is 49.9 Å². The highest BCUT2D eigenvalue weighted by molar-refractivity contribution is 7.99. The molecule has 0 aromatic heterocycles. The normalized spacial score (nSPS) is 17.1. The molecule has 2 rings (SSSR count). The summed E-state index contributed by atoms with van der Waals surface area (Å²) >= 11 is 1.52. The molecule has 0 bridgehead atoms. The van der Waals surface area contributed by atoms with Crippen molar-refractivity contribution >= 4 is 17.7 Å². The fraction of sp³-hybridized carbons (Fsp3) is 0.632. The lowest BCUT2D eigenvalue weighted by Gasteiger charge is -2.33. The summed E-state index contributed by atoms with van der Waals surface area (Å²) in [6.45, 7) is 8.79. The Morgan fingerprint density at radius 2 is 2.04 bits per heavy atom.